The first-order valence-electron chi connectivity index (χ1n) is 9.55. The molecule has 32 heavy (non-hydrogen) atoms. The fourth-order valence-electron chi connectivity index (χ4n) is 2.80. The lowest BCUT2D eigenvalue weighted by Gasteiger charge is -2.11. The van der Waals surface area contributed by atoms with Gasteiger partial charge in [-0.1, -0.05) is 6.07 Å². The van der Waals surface area contributed by atoms with Gasteiger partial charge in [0.1, 0.15) is 0 Å². The van der Waals surface area contributed by atoms with Gasteiger partial charge in [-0.3, -0.25) is 9.59 Å². The van der Waals surface area contributed by atoms with Crippen LogP contribution in [0.25, 0.3) is 0 Å². The number of ether oxygens (including phenoxy) is 3. The van der Waals surface area contributed by atoms with E-state index in [1.54, 1.807) is 43.3 Å². The third-order valence-corrected chi connectivity index (χ3v) is 4.47. The molecule has 9 nitrogen and oxygen atoms in total. The number of rotatable bonds is 8. The Balaban J connectivity index is 1.60. The van der Waals surface area contributed by atoms with Gasteiger partial charge in [0.2, 0.25) is 0 Å². The molecule has 0 aliphatic rings. The number of anilines is 2. The molecule has 0 aliphatic carbocycles. The lowest BCUT2D eigenvalue weighted by Crippen LogP contribution is -2.21. The molecule has 0 atom stereocenters. The zero-order valence-electron chi connectivity index (χ0n) is 17.8. The number of hydrogen-bond acceptors (Lipinski definition) is 7. The number of hydrogen-bond donors (Lipinski definition) is 2. The van der Waals surface area contributed by atoms with Crippen molar-refractivity contribution in [3.8, 4) is 11.5 Å². The third kappa shape index (κ3) is 5.45. The van der Waals surface area contributed by atoms with Gasteiger partial charge < -0.3 is 29.3 Å². The van der Waals surface area contributed by atoms with Gasteiger partial charge in [0.05, 0.1) is 26.0 Å². The van der Waals surface area contributed by atoms with E-state index >= 15 is 0 Å². The molecule has 2 amide bonds. The lowest BCUT2D eigenvalue weighted by molar-refractivity contribution is -0.119. The summed E-state index contributed by atoms with van der Waals surface area (Å²) in [5, 5.41) is 5.30. The molecule has 0 radical (unpaired) electrons. The molecule has 2 N–H and O–H groups in total. The van der Waals surface area contributed by atoms with Crippen LogP contribution in [0.15, 0.2) is 59.2 Å². The first-order chi connectivity index (χ1) is 15.4. The predicted octanol–water partition coefficient (Wildman–Crippen LogP) is 3.65. The van der Waals surface area contributed by atoms with E-state index in [1.165, 1.54) is 32.6 Å². The minimum Gasteiger partial charge on any atom is -0.493 e. The molecule has 3 rings (SSSR count). The Kier molecular flexibility index (Phi) is 7.12. The van der Waals surface area contributed by atoms with Crippen LogP contribution < -0.4 is 20.1 Å². The average molecular weight is 438 g/mol. The highest BCUT2D eigenvalue weighted by atomic mass is 16.5. The quantitative estimate of drug-likeness (QED) is 0.516. The number of aryl methyl sites for hydroxylation is 1. The molecule has 0 spiro atoms. The van der Waals surface area contributed by atoms with E-state index in [9.17, 15) is 14.4 Å². The van der Waals surface area contributed by atoms with Crippen molar-refractivity contribution in [1.82, 2.24) is 0 Å². The highest BCUT2D eigenvalue weighted by Crippen LogP contribution is 2.29. The van der Waals surface area contributed by atoms with Crippen LogP contribution in [0.5, 0.6) is 11.5 Å². The molecular weight excluding hydrogens is 416 g/mol. The second kappa shape index (κ2) is 10.2. The van der Waals surface area contributed by atoms with Crippen LogP contribution in [0.2, 0.25) is 0 Å². The van der Waals surface area contributed by atoms with Crippen LogP contribution in [-0.2, 0) is 9.53 Å². The van der Waals surface area contributed by atoms with Crippen molar-refractivity contribution < 1.29 is 33.0 Å². The molecule has 0 unspecified atom stereocenters. The van der Waals surface area contributed by atoms with Crippen LogP contribution in [0.4, 0.5) is 11.4 Å². The van der Waals surface area contributed by atoms with Crippen LogP contribution in [0, 0.1) is 6.92 Å². The van der Waals surface area contributed by atoms with Crippen LogP contribution >= 0.6 is 0 Å². The molecule has 2 aromatic carbocycles. The summed E-state index contributed by atoms with van der Waals surface area (Å²) in [5.41, 5.74) is 1.81. The Bertz CT molecular complexity index is 1120. The van der Waals surface area contributed by atoms with Gasteiger partial charge in [-0.25, -0.2) is 4.79 Å². The average Bonchev–Trinajstić information content (AvgIpc) is 3.34. The molecule has 0 fully saturated rings. The molecule has 1 aromatic heterocycles. The maximum absolute atomic E-state index is 12.4. The predicted molar refractivity (Wildman–Crippen MR) is 116 cm³/mol. The molecule has 0 aliphatic heterocycles. The number of methoxy groups -OCH3 is 2. The molecule has 1 heterocycles. The van der Waals surface area contributed by atoms with Crippen molar-refractivity contribution in [3.63, 3.8) is 0 Å². The van der Waals surface area contributed by atoms with Crippen molar-refractivity contribution in [3.05, 3.63) is 71.7 Å². The normalized spacial score (nSPS) is 10.2. The summed E-state index contributed by atoms with van der Waals surface area (Å²) in [4.78, 5) is 36.8. The zero-order chi connectivity index (χ0) is 23.1. The summed E-state index contributed by atoms with van der Waals surface area (Å²) in [6.45, 7) is 1.29. The second-order valence-corrected chi connectivity index (χ2v) is 6.66. The van der Waals surface area contributed by atoms with E-state index in [0.717, 1.165) is 5.56 Å². The smallest absolute Gasteiger partial charge is 0.338 e. The Labute approximate surface area is 184 Å². The molecule has 0 saturated heterocycles. The monoisotopic (exact) mass is 438 g/mol. The Hall–Kier alpha value is -4.27. The number of furan rings is 1. The van der Waals surface area contributed by atoms with Crippen LogP contribution in [0.3, 0.4) is 0 Å². The number of amides is 2. The molecule has 9 heteroatoms. The van der Waals surface area contributed by atoms with Crippen LogP contribution in [-0.4, -0.2) is 38.6 Å². The minimum atomic E-state index is -0.707. The highest BCUT2D eigenvalue weighted by Gasteiger charge is 2.15. The van der Waals surface area contributed by atoms with Gasteiger partial charge in [0.15, 0.2) is 23.9 Å². The van der Waals surface area contributed by atoms with E-state index < -0.39 is 24.4 Å². The largest absolute Gasteiger partial charge is 0.493 e. The second-order valence-electron chi connectivity index (χ2n) is 6.66. The zero-order valence-corrected chi connectivity index (χ0v) is 17.8. The van der Waals surface area contributed by atoms with E-state index in [4.69, 9.17) is 18.6 Å². The number of esters is 1. The molecular formula is C23H22N2O7. The van der Waals surface area contributed by atoms with Crippen molar-refractivity contribution in [1.29, 1.82) is 0 Å². The first kappa shape index (κ1) is 22.4. The van der Waals surface area contributed by atoms with Crippen LogP contribution in [0.1, 0.15) is 26.5 Å². The standard InChI is InChI=1S/C23H22N2O7/c1-14-6-7-15(11-17(14)25-22(27)19-5-4-10-31-19)23(28)32-13-21(26)24-16-8-9-18(29-2)20(12-16)30-3/h4-12H,13H2,1-3H3,(H,24,26)(H,25,27). The van der Waals surface area contributed by atoms with E-state index in [1.807, 2.05) is 0 Å². The summed E-state index contributed by atoms with van der Waals surface area (Å²) in [6, 6.07) is 12.7. The molecule has 3 aromatic rings. The van der Waals surface area contributed by atoms with Crippen molar-refractivity contribution >= 4 is 29.2 Å². The van der Waals surface area contributed by atoms with E-state index in [0.29, 0.717) is 22.9 Å². The lowest BCUT2D eigenvalue weighted by atomic mass is 10.1. The SMILES string of the molecule is COc1ccc(NC(=O)COC(=O)c2ccc(C)c(NC(=O)c3ccco3)c2)cc1OC. The van der Waals surface area contributed by atoms with Crippen molar-refractivity contribution in [2.75, 3.05) is 31.5 Å². The number of nitrogens with one attached hydrogen (secondary N) is 2. The minimum absolute atomic E-state index is 0.143. The first-order valence-corrected chi connectivity index (χ1v) is 9.55. The summed E-state index contributed by atoms with van der Waals surface area (Å²) in [5.74, 6) is -0.565. The number of carbonyl (C=O) groups is 3. The van der Waals surface area contributed by atoms with Crippen molar-refractivity contribution in [2.45, 2.75) is 6.92 Å². The number of carbonyl (C=O) groups excluding carboxylic acids is 3. The summed E-state index contributed by atoms with van der Waals surface area (Å²) >= 11 is 0. The summed E-state index contributed by atoms with van der Waals surface area (Å²) in [6.07, 6.45) is 1.39. The van der Waals surface area contributed by atoms with Gasteiger partial charge >= 0.3 is 5.97 Å². The van der Waals surface area contributed by atoms with Crippen molar-refractivity contribution in [2.24, 2.45) is 0 Å². The topological polar surface area (TPSA) is 116 Å². The maximum Gasteiger partial charge on any atom is 0.338 e. The van der Waals surface area contributed by atoms with Gasteiger partial charge in [-0.05, 0) is 48.9 Å². The fraction of sp³-hybridized carbons (Fsp3) is 0.174. The Morgan fingerprint density at radius 1 is 0.938 bits per heavy atom. The van der Waals surface area contributed by atoms with E-state index in [2.05, 4.69) is 10.6 Å². The molecule has 166 valence electrons. The summed E-state index contributed by atoms with van der Waals surface area (Å²) in [7, 11) is 2.99. The van der Waals surface area contributed by atoms with Gasteiger partial charge in [0, 0.05) is 17.4 Å². The number of benzene rings is 2. The molecule has 0 bridgehead atoms. The Morgan fingerprint density at radius 3 is 2.41 bits per heavy atom. The summed E-state index contributed by atoms with van der Waals surface area (Å²) < 4.78 is 20.5. The molecule has 0 saturated carbocycles. The van der Waals surface area contributed by atoms with Gasteiger partial charge in [0.25, 0.3) is 11.8 Å². The fourth-order valence-corrected chi connectivity index (χ4v) is 2.80. The van der Waals surface area contributed by atoms with Gasteiger partial charge in [-0.15, -0.1) is 0 Å². The Morgan fingerprint density at radius 2 is 1.72 bits per heavy atom. The van der Waals surface area contributed by atoms with Gasteiger partial charge in [-0.2, -0.15) is 0 Å². The third-order valence-electron chi connectivity index (χ3n) is 4.47. The van der Waals surface area contributed by atoms with E-state index in [-0.39, 0.29) is 11.3 Å². The maximum atomic E-state index is 12.4. The highest BCUT2D eigenvalue weighted by molar-refractivity contribution is 6.03.